The van der Waals surface area contributed by atoms with Crippen molar-refractivity contribution in [2.75, 3.05) is 0 Å². The Hall–Kier alpha value is -1.40. The van der Waals surface area contributed by atoms with E-state index in [4.69, 9.17) is 0 Å². The normalized spacial score (nSPS) is 26.0. The van der Waals surface area contributed by atoms with E-state index in [1.165, 1.54) is 6.92 Å². The van der Waals surface area contributed by atoms with Crippen LogP contribution >= 0.6 is 0 Å². The molecule has 0 aromatic rings. The second-order valence-corrected chi connectivity index (χ2v) is 5.81. The Kier molecular flexibility index (Phi) is 8.97. The molecule has 0 aromatic carbocycles. The first-order valence-corrected chi connectivity index (χ1v) is 7.83. The van der Waals surface area contributed by atoms with E-state index in [2.05, 4.69) is 30.6 Å². The van der Waals surface area contributed by atoms with E-state index in [1.54, 1.807) is 0 Å². The zero-order chi connectivity index (χ0) is 16.0. The van der Waals surface area contributed by atoms with Crippen molar-refractivity contribution in [2.24, 2.45) is 11.8 Å². The highest BCUT2D eigenvalue weighted by atomic mass is 16.4. The molecular formula is C16H31N3O3. The molecule has 0 bridgehead atoms. The molecule has 1 aliphatic rings. The number of carboxylic acids is 1. The van der Waals surface area contributed by atoms with Crippen molar-refractivity contribution in [3.05, 3.63) is 12.2 Å². The first-order chi connectivity index (χ1) is 9.94. The summed E-state index contributed by atoms with van der Waals surface area (Å²) in [5, 5.41) is 15.5. The van der Waals surface area contributed by atoms with Crippen molar-refractivity contribution in [1.29, 1.82) is 0 Å². The molecule has 1 amide bonds. The molecule has 0 unspecified atom stereocenters. The molecule has 0 aromatic heterocycles. The summed E-state index contributed by atoms with van der Waals surface area (Å²) in [4.78, 5) is 22.8. The van der Waals surface area contributed by atoms with Gasteiger partial charge in [0.25, 0.3) is 0 Å². The fourth-order valence-electron chi connectivity index (χ4n) is 3.36. The van der Waals surface area contributed by atoms with Crippen LogP contribution in [0.5, 0.6) is 0 Å². The predicted octanol–water partition coefficient (Wildman–Crippen LogP) is 2.10. The van der Waals surface area contributed by atoms with Crippen LogP contribution < -0.4 is 16.8 Å². The van der Waals surface area contributed by atoms with Crippen LogP contribution in [-0.2, 0) is 9.59 Å². The largest absolute Gasteiger partial charge is 0.480 e. The molecule has 1 rings (SSSR count). The third kappa shape index (κ3) is 5.10. The van der Waals surface area contributed by atoms with Crippen molar-refractivity contribution in [1.82, 2.24) is 16.8 Å². The fourth-order valence-corrected chi connectivity index (χ4v) is 3.36. The predicted molar refractivity (Wildman–Crippen MR) is 88.0 cm³/mol. The van der Waals surface area contributed by atoms with Crippen molar-refractivity contribution in [3.8, 4) is 0 Å². The summed E-state index contributed by atoms with van der Waals surface area (Å²) < 4.78 is 0. The number of allylic oxidation sites excluding steroid dienone is 1. The maximum absolute atomic E-state index is 11.6. The molecule has 4 atom stereocenters. The summed E-state index contributed by atoms with van der Waals surface area (Å²) in [7, 11) is 0. The van der Waals surface area contributed by atoms with E-state index < -0.39 is 12.0 Å². The van der Waals surface area contributed by atoms with Gasteiger partial charge in [-0.2, -0.15) is 0 Å². The summed E-state index contributed by atoms with van der Waals surface area (Å²) in [6, 6.07) is -0.610. The second kappa shape index (κ2) is 9.58. The summed E-state index contributed by atoms with van der Waals surface area (Å²) in [6.45, 7) is 7.67. The first kappa shape index (κ1) is 20.6. The van der Waals surface area contributed by atoms with Gasteiger partial charge in [-0.25, -0.2) is 0 Å². The highest BCUT2D eigenvalue weighted by Gasteiger charge is 2.42. The summed E-state index contributed by atoms with van der Waals surface area (Å²) in [5.41, 5.74) is 0. The Morgan fingerprint density at radius 1 is 1.36 bits per heavy atom. The lowest BCUT2D eigenvalue weighted by Gasteiger charge is -2.34. The SMILES string of the molecule is C/C=C\[C@@H]1C[C@H](C(=O)O)N[C@H]1[C@@H](NC(C)=O)C(CC)CC.N. The maximum Gasteiger partial charge on any atom is 0.320 e. The second-order valence-electron chi connectivity index (χ2n) is 5.81. The van der Waals surface area contributed by atoms with Gasteiger partial charge in [-0.3, -0.25) is 14.9 Å². The first-order valence-electron chi connectivity index (χ1n) is 7.83. The number of hydrogen-bond acceptors (Lipinski definition) is 4. The molecule has 0 aliphatic carbocycles. The quantitative estimate of drug-likeness (QED) is 0.537. The molecule has 6 nitrogen and oxygen atoms in total. The van der Waals surface area contributed by atoms with Crippen LogP contribution in [-0.4, -0.2) is 35.1 Å². The molecule has 1 heterocycles. The molecular weight excluding hydrogens is 282 g/mol. The standard InChI is InChI=1S/C16H28N2O3.H3N/c1-5-8-12-9-13(16(20)21)18-15(12)14(17-10(4)19)11(6-2)7-3;/h5,8,11-15,18H,6-7,9H2,1-4H3,(H,17,19)(H,20,21);1H3/b8-5-;/t12-,13-,14+,15-;/m1./s1. The number of aliphatic carboxylic acids is 1. The Morgan fingerprint density at radius 3 is 2.36 bits per heavy atom. The van der Waals surface area contributed by atoms with Crippen molar-refractivity contribution in [3.63, 3.8) is 0 Å². The van der Waals surface area contributed by atoms with E-state index in [9.17, 15) is 14.7 Å². The average Bonchev–Trinajstić information content (AvgIpc) is 2.83. The van der Waals surface area contributed by atoms with Crippen LogP contribution in [0.4, 0.5) is 0 Å². The lowest BCUT2D eigenvalue weighted by molar-refractivity contribution is -0.139. The number of carbonyl (C=O) groups is 2. The van der Waals surface area contributed by atoms with E-state index in [0.717, 1.165) is 12.8 Å². The molecule has 1 saturated heterocycles. The number of nitrogens with one attached hydrogen (secondary N) is 2. The van der Waals surface area contributed by atoms with Gasteiger partial charge >= 0.3 is 5.97 Å². The Labute approximate surface area is 133 Å². The maximum atomic E-state index is 11.6. The van der Waals surface area contributed by atoms with E-state index in [0.29, 0.717) is 12.3 Å². The van der Waals surface area contributed by atoms with Gasteiger partial charge in [-0.15, -0.1) is 0 Å². The fraction of sp³-hybridized carbons (Fsp3) is 0.750. The van der Waals surface area contributed by atoms with Gasteiger partial charge < -0.3 is 16.6 Å². The third-order valence-corrected chi connectivity index (χ3v) is 4.41. The highest BCUT2D eigenvalue weighted by molar-refractivity contribution is 5.75. The third-order valence-electron chi connectivity index (χ3n) is 4.41. The molecule has 6 N–H and O–H groups in total. The number of carbonyl (C=O) groups excluding carboxylic acids is 1. The van der Waals surface area contributed by atoms with Crippen LogP contribution in [0.1, 0.15) is 47.0 Å². The van der Waals surface area contributed by atoms with Crippen LogP contribution in [0.25, 0.3) is 0 Å². The summed E-state index contributed by atoms with van der Waals surface area (Å²) >= 11 is 0. The topological polar surface area (TPSA) is 113 Å². The number of carboxylic acid groups (broad SMARTS) is 1. The Bertz CT molecular complexity index is 394. The van der Waals surface area contributed by atoms with Gasteiger partial charge in [-0.1, -0.05) is 38.8 Å². The zero-order valence-electron chi connectivity index (χ0n) is 14.1. The highest BCUT2D eigenvalue weighted by Crippen LogP contribution is 2.29. The minimum absolute atomic E-state index is 0. The molecule has 0 saturated carbocycles. The molecule has 22 heavy (non-hydrogen) atoms. The van der Waals surface area contributed by atoms with E-state index in [-0.39, 0.29) is 30.1 Å². The summed E-state index contributed by atoms with van der Waals surface area (Å²) in [6.07, 6.45) is 6.50. The van der Waals surface area contributed by atoms with Crippen LogP contribution in [0.2, 0.25) is 0 Å². The molecule has 1 fully saturated rings. The smallest absolute Gasteiger partial charge is 0.320 e. The molecule has 1 aliphatic heterocycles. The van der Waals surface area contributed by atoms with E-state index in [1.807, 2.05) is 13.0 Å². The van der Waals surface area contributed by atoms with Gasteiger partial charge in [-0.05, 0) is 25.2 Å². The van der Waals surface area contributed by atoms with Gasteiger partial charge in [0, 0.05) is 19.0 Å². The van der Waals surface area contributed by atoms with Crippen LogP contribution in [0, 0.1) is 11.8 Å². The van der Waals surface area contributed by atoms with Gasteiger partial charge in [0.2, 0.25) is 5.91 Å². The minimum atomic E-state index is -0.821. The average molecular weight is 313 g/mol. The lowest BCUT2D eigenvalue weighted by atomic mass is 9.83. The van der Waals surface area contributed by atoms with Gasteiger partial charge in [0.05, 0.1) is 0 Å². The van der Waals surface area contributed by atoms with E-state index >= 15 is 0 Å². The number of rotatable bonds is 7. The Balaban J connectivity index is 0.00000441. The molecule has 128 valence electrons. The summed E-state index contributed by atoms with van der Waals surface area (Å²) in [5.74, 6) is -0.412. The van der Waals surface area contributed by atoms with Crippen LogP contribution in [0.15, 0.2) is 12.2 Å². The molecule has 0 spiro atoms. The van der Waals surface area contributed by atoms with Crippen molar-refractivity contribution < 1.29 is 14.7 Å². The number of amides is 1. The molecule has 0 radical (unpaired) electrons. The zero-order valence-corrected chi connectivity index (χ0v) is 14.1. The van der Waals surface area contributed by atoms with Crippen LogP contribution in [0.3, 0.4) is 0 Å². The monoisotopic (exact) mass is 313 g/mol. The molecule has 6 heteroatoms. The van der Waals surface area contributed by atoms with Crippen molar-refractivity contribution >= 4 is 11.9 Å². The van der Waals surface area contributed by atoms with Gasteiger partial charge in [0.15, 0.2) is 0 Å². The number of hydrogen-bond donors (Lipinski definition) is 4. The lowest BCUT2D eigenvalue weighted by Crippen LogP contribution is -2.54. The minimum Gasteiger partial charge on any atom is -0.480 e. The Morgan fingerprint density at radius 2 is 1.95 bits per heavy atom. The van der Waals surface area contributed by atoms with Gasteiger partial charge in [0.1, 0.15) is 6.04 Å². The van der Waals surface area contributed by atoms with Crippen molar-refractivity contribution in [2.45, 2.75) is 65.1 Å².